The fourth-order valence-electron chi connectivity index (χ4n) is 1.61. The molecule has 0 radical (unpaired) electrons. The number of H-pyrrole nitrogens is 1. The van der Waals surface area contributed by atoms with Crippen molar-refractivity contribution in [1.29, 1.82) is 0 Å². The molecule has 0 fully saturated rings. The Morgan fingerprint density at radius 3 is 2.81 bits per heavy atom. The predicted molar refractivity (Wildman–Crippen MR) is 66.7 cm³/mol. The molecule has 21 heavy (non-hydrogen) atoms. The van der Waals surface area contributed by atoms with Crippen molar-refractivity contribution in [3.63, 3.8) is 0 Å². The maximum Gasteiger partial charge on any atom is 0.416 e. The average Bonchev–Trinajstić information content (AvgIpc) is 2.85. The highest BCUT2D eigenvalue weighted by Gasteiger charge is 2.30. The summed E-state index contributed by atoms with van der Waals surface area (Å²) in [5, 5.41) is 8.40. The van der Waals surface area contributed by atoms with Gasteiger partial charge in [-0.15, -0.1) is 5.10 Å². The number of amides is 1. The van der Waals surface area contributed by atoms with E-state index in [0.29, 0.717) is 0 Å². The highest BCUT2D eigenvalue weighted by atomic mass is 19.4. The first-order valence-electron chi connectivity index (χ1n) is 5.81. The second kappa shape index (κ2) is 5.81. The second-order valence-corrected chi connectivity index (χ2v) is 4.09. The molecule has 0 atom stereocenters. The van der Waals surface area contributed by atoms with Crippen LogP contribution in [0.15, 0.2) is 24.3 Å². The molecule has 2 N–H and O–H groups in total. The van der Waals surface area contributed by atoms with Crippen LogP contribution in [0.3, 0.4) is 0 Å². The van der Waals surface area contributed by atoms with E-state index in [2.05, 4.69) is 20.5 Å². The van der Waals surface area contributed by atoms with Gasteiger partial charge in [-0.3, -0.25) is 10.1 Å². The lowest BCUT2D eigenvalue weighted by Crippen LogP contribution is -2.16. The largest absolute Gasteiger partial charge is 0.466 e. The molecule has 1 aromatic carbocycles. The van der Waals surface area contributed by atoms with E-state index in [-0.39, 0.29) is 23.9 Å². The zero-order valence-corrected chi connectivity index (χ0v) is 10.9. The molecule has 2 rings (SSSR count). The third-order valence-electron chi connectivity index (χ3n) is 2.52. The van der Waals surface area contributed by atoms with Gasteiger partial charge in [0.2, 0.25) is 11.9 Å². The van der Waals surface area contributed by atoms with Crippen LogP contribution in [0.4, 0.5) is 19.1 Å². The van der Waals surface area contributed by atoms with Crippen LogP contribution in [0.5, 0.6) is 6.01 Å². The van der Waals surface area contributed by atoms with Crippen LogP contribution in [0.2, 0.25) is 0 Å². The van der Waals surface area contributed by atoms with Crippen LogP contribution >= 0.6 is 0 Å². The van der Waals surface area contributed by atoms with Crippen molar-refractivity contribution in [2.24, 2.45) is 0 Å². The Morgan fingerprint density at radius 1 is 1.43 bits per heavy atom. The Balaban J connectivity index is 2.02. The number of aromatic amines is 1. The first-order valence-corrected chi connectivity index (χ1v) is 5.81. The van der Waals surface area contributed by atoms with Gasteiger partial charge >= 0.3 is 12.2 Å². The number of carbonyl (C=O) groups excluding carboxylic acids is 1. The molecule has 0 saturated heterocycles. The first kappa shape index (κ1) is 14.8. The van der Waals surface area contributed by atoms with E-state index in [1.807, 2.05) is 0 Å². The topological polar surface area (TPSA) is 79.9 Å². The number of ether oxygens (including phenoxy) is 1. The zero-order chi connectivity index (χ0) is 15.5. The van der Waals surface area contributed by atoms with Gasteiger partial charge in [-0.1, -0.05) is 18.2 Å². The molecule has 112 valence electrons. The molecule has 0 aliphatic rings. The summed E-state index contributed by atoms with van der Waals surface area (Å²) in [6, 6.07) is 4.62. The van der Waals surface area contributed by atoms with E-state index >= 15 is 0 Å². The van der Waals surface area contributed by atoms with Crippen molar-refractivity contribution in [2.75, 3.05) is 12.4 Å². The van der Waals surface area contributed by atoms with Crippen LogP contribution in [-0.2, 0) is 17.4 Å². The molecule has 2 aromatic rings. The van der Waals surface area contributed by atoms with E-state index in [0.717, 1.165) is 12.1 Å². The number of hydrogen-bond acceptors (Lipinski definition) is 4. The molecule has 0 aliphatic carbocycles. The molecule has 6 nitrogen and oxygen atoms in total. The third kappa shape index (κ3) is 3.94. The third-order valence-corrected chi connectivity index (χ3v) is 2.52. The van der Waals surface area contributed by atoms with Gasteiger partial charge in [-0.2, -0.15) is 18.2 Å². The number of halogens is 3. The lowest BCUT2D eigenvalue weighted by atomic mass is 10.1. The number of hydrogen-bond donors (Lipinski definition) is 2. The molecule has 0 aliphatic heterocycles. The fourth-order valence-corrected chi connectivity index (χ4v) is 1.61. The van der Waals surface area contributed by atoms with Crippen molar-refractivity contribution in [3.05, 3.63) is 35.4 Å². The minimum Gasteiger partial charge on any atom is -0.466 e. The van der Waals surface area contributed by atoms with Gasteiger partial charge in [0.25, 0.3) is 0 Å². The molecule has 1 amide bonds. The number of benzene rings is 1. The molecular formula is C12H11F3N4O2. The average molecular weight is 300 g/mol. The molecule has 0 spiro atoms. The zero-order valence-electron chi connectivity index (χ0n) is 10.9. The second-order valence-electron chi connectivity index (χ2n) is 4.09. The summed E-state index contributed by atoms with van der Waals surface area (Å²) in [4.78, 5) is 15.5. The fraction of sp³-hybridized carbons (Fsp3) is 0.250. The number of alkyl halides is 3. The molecule has 0 bridgehead atoms. The number of aromatic nitrogens is 3. The lowest BCUT2D eigenvalue weighted by Gasteiger charge is -2.08. The number of anilines is 1. The Kier molecular flexibility index (Phi) is 4.10. The van der Waals surface area contributed by atoms with Gasteiger partial charge in [0.15, 0.2) is 0 Å². The van der Waals surface area contributed by atoms with Gasteiger partial charge in [-0.25, -0.2) is 5.10 Å². The van der Waals surface area contributed by atoms with Crippen molar-refractivity contribution in [3.8, 4) is 6.01 Å². The van der Waals surface area contributed by atoms with Gasteiger partial charge in [0.1, 0.15) is 0 Å². The van der Waals surface area contributed by atoms with Crippen molar-refractivity contribution in [1.82, 2.24) is 15.2 Å². The SMILES string of the molecule is COc1n[nH]c(NC(=O)Cc2cccc(C(F)(F)F)c2)n1. The number of nitrogens with one attached hydrogen (secondary N) is 2. The Morgan fingerprint density at radius 2 is 2.19 bits per heavy atom. The maximum absolute atomic E-state index is 12.6. The highest BCUT2D eigenvalue weighted by molar-refractivity contribution is 5.90. The lowest BCUT2D eigenvalue weighted by molar-refractivity contribution is -0.137. The summed E-state index contributed by atoms with van der Waals surface area (Å²) >= 11 is 0. The molecular weight excluding hydrogens is 289 g/mol. The number of nitrogens with zero attached hydrogens (tertiary/aromatic N) is 2. The Bertz CT molecular complexity index is 639. The van der Waals surface area contributed by atoms with E-state index in [1.165, 1.54) is 19.2 Å². The summed E-state index contributed by atoms with van der Waals surface area (Å²) in [5.41, 5.74) is -0.553. The Hall–Kier alpha value is -2.58. The van der Waals surface area contributed by atoms with Crippen molar-refractivity contribution in [2.45, 2.75) is 12.6 Å². The smallest absolute Gasteiger partial charge is 0.416 e. The predicted octanol–water partition coefficient (Wildman–Crippen LogP) is 2.01. The molecule has 9 heteroatoms. The van der Waals surface area contributed by atoms with Crippen LogP contribution in [-0.4, -0.2) is 28.2 Å². The molecule has 0 saturated carbocycles. The molecule has 1 heterocycles. The number of rotatable bonds is 4. The van der Waals surface area contributed by atoms with Gasteiger partial charge in [0, 0.05) is 0 Å². The van der Waals surface area contributed by atoms with E-state index in [9.17, 15) is 18.0 Å². The summed E-state index contributed by atoms with van der Waals surface area (Å²) in [6.45, 7) is 0. The standard InChI is InChI=1S/C12H11F3N4O2/c1-21-11-17-10(18-19-11)16-9(20)6-7-3-2-4-8(5-7)12(13,14)15/h2-5H,6H2,1H3,(H2,16,17,18,19,20). The van der Waals surface area contributed by atoms with Gasteiger partial charge in [0.05, 0.1) is 19.1 Å². The van der Waals surface area contributed by atoms with Crippen molar-refractivity contribution >= 4 is 11.9 Å². The maximum atomic E-state index is 12.6. The molecule has 1 aromatic heterocycles. The van der Waals surface area contributed by atoms with Gasteiger partial charge < -0.3 is 4.74 Å². The summed E-state index contributed by atoms with van der Waals surface area (Å²) < 4.78 is 42.4. The normalized spacial score (nSPS) is 11.2. The number of methoxy groups -OCH3 is 1. The summed E-state index contributed by atoms with van der Waals surface area (Å²) in [7, 11) is 1.36. The van der Waals surface area contributed by atoms with Crippen LogP contribution in [0, 0.1) is 0 Å². The molecule has 0 unspecified atom stereocenters. The van der Waals surface area contributed by atoms with Crippen molar-refractivity contribution < 1.29 is 22.7 Å². The highest BCUT2D eigenvalue weighted by Crippen LogP contribution is 2.29. The number of carbonyl (C=O) groups is 1. The van der Waals surface area contributed by atoms with Crippen LogP contribution in [0.25, 0.3) is 0 Å². The Labute approximate surface area is 117 Å². The van der Waals surface area contributed by atoms with E-state index in [1.54, 1.807) is 0 Å². The van der Waals surface area contributed by atoms with Crippen LogP contribution < -0.4 is 10.1 Å². The van der Waals surface area contributed by atoms with Gasteiger partial charge in [-0.05, 0) is 11.6 Å². The summed E-state index contributed by atoms with van der Waals surface area (Å²) in [5.74, 6) is -0.461. The monoisotopic (exact) mass is 300 g/mol. The summed E-state index contributed by atoms with van der Waals surface area (Å²) in [6.07, 6.45) is -4.66. The minimum absolute atomic E-state index is 0.0457. The quantitative estimate of drug-likeness (QED) is 0.905. The van der Waals surface area contributed by atoms with E-state index in [4.69, 9.17) is 4.74 Å². The first-order chi connectivity index (χ1) is 9.88. The van der Waals surface area contributed by atoms with Crippen LogP contribution in [0.1, 0.15) is 11.1 Å². The van der Waals surface area contributed by atoms with E-state index < -0.39 is 17.6 Å². The minimum atomic E-state index is -4.44.